The van der Waals surface area contributed by atoms with Gasteiger partial charge in [0.2, 0.25) is 5.91 Å². The predicted octanol–water partition coefficient (Wildman–Crippen LogP) is 3.28. The maximum absolute atomic E-state index is 13.6. The van der Waals surface area contributed by atoms with E-state index in [4.69, 9.17) is 18.0 Å². The Labute approximate surface area is 125 Å². The van der Waals surface area contributed by atoms with Gasteiger partial charge in [-0.15, -0.1) is 0 Å². The van der Waals surface area contributed by atoms with Gasteiger partial charge in [-0.3, -0.25) is 4.79 Å². The van der Waals surface area contributed by atoms with E-state index in [1.54, 1.807) is 0 Å². The molecule has 0 radical (unpaired) electrons. The summed E-state index contributed by atoms with van der Waals surface area (Å²) in [5.74, 6) is -4.16. The number of halogens is 3. The molecule has 0 spiro atoms. The number of thiocarbonyl (C=S) groups is 1. The molecule has 0 bridgehead atoms. The average Bonchev–Trinajstić information content (AvgIpc) is 2.45. The van der Waals surface area contributed by atoms with Crippen LogP contribution in [0.15, 0.2) is 12.1 Å². The quantitative estimate of drug-likeness (QED) is 0.665. The molecule has 0 heterocycles. The highest BCUT2D eigenvalue weighted by molar-refractivity contribution is 7.80. The lowest BCUT2D eigenvalue weighted by Crippen LogP contribution is -2.47. The van der Waals surface area contributed by atoms with Crippen LogP contribution in [0.5, 0.6) is 0 Å². The van der Waals surface area contributed by atoms with Gasteiger partial charge in [-0.05, 0) is 12.8 Å². The number of benzene rings is 1. The van der Waals surface area contributed by atoms with E-state index in [-0.39, 0.29) is 4.99 Å². The van der Waals surface area contributed by atoms with Crippen LogP contribution in [0.1, 0.15) is 32.1 Å². The maximum atomic E-state index is 13.6. The van der Waals surface area contributed by atoms with Crippen LogP contribution in [-0.4, -0.2) is 10.9 Å². The number of hydrogen-bond donors (Lipinski definition) is 2. The molecular weight excluding hydrogens is 301 g/mol. The van der Waals surface area contributed by atoms with Crippen LogP contribution < -0.4 is 11.1 Å². The van der Waals surface area contributed by atoms with Crippen molar-refractivity contribution in [3.8, 4) is 0 Å². The zero-order valence-electron chi connectivity index (χ0n) is 11.2. The monoisotopic (exact) mass is 316 g/mol. The van der Waals surface area contributed by atoms with E-state index in [2.05, 4.69) is 5.32 Å². The Morgan fingerprint density at radius 2 is 1.67 bits per heavy atom. The average molecular weight is 316 g/mol. The van der Waals surface area contributed by atoms with Gasteiger partial charge in [0.1, 0.15) is 5.82 Å². The number of anilines is 1. The summed E-state index contributed by atoms with van der Waals surface area (Å²) in [5.41, 5.74) is 4.22. The number of nitrogens with one attached hydrogen (secondary N) is 1. The molecule has 2 rings (SSSR count). The third-order valence-corrected chi connectivity index (χ3v) is 4.26. The molecule has 0 saturated heterocycles. The second kappa shape index (κ2) is 6.01. The Morgan fingerprint density at radius 3 is 2.24 bits per heavy atom. The molecule has 7 heteroatoms. The summed E-state index contributed by atoms with van der Waals surface area (Å²) in [6, 6.07) is 0.998. The third kappa shape index (κ3) is 3.02. The standard InChI is InChI=1S/C14H15F3N2OS/c15-8-6-10(17)11(7-9(8)16)19-13(20)14(12(18)21)4-2-1-3-5-14/h6-7H,1-5H2,(H2,18,21)(H,19,20). The van der Waals surface area contributed by atoms with Crippen LogP contribution in [0, 0.1) is 22.9 Å². The van der Waals surface area contributed by atoms with E-state index in [0.717, 1.165) is 19.3 Å². The second-order valence-corrected chi connectivity index (χ2v) is 5.65. The fourth-order valence-electron chi connectivity index (χ4n) is 2.60. The summed E-state index contributed by atoms with van der Waals surface area (Å²) in [6.45, 7) is 0. The van der Waals surface area contributed by atoms with Crippen LogP contribution in [0.2, 0.25) is 0 Å². The SMILES string of the molecule is NC(=S)C1(C(=O)Nc2cc(F)c(F)cc2F)CCCCC1. The van der Waals surface area contributed by atoms with Gasteiger partial charge in [0.15, 0.2) is 11.6 Å². The zero-order valence-corrected chi connectivity index (χ0v) is 12.0. The Morgan fingerprint density at radius 1 is 1.10 bits per heavy atom. The summed E-state index contributed by atoms with van der Waals surface area (Å²) in [4.78, 5) is 12.5. The largest absolute Gasteiger partial charge is 0.392 e. The first kappa shape index (κ1) is 15.8. The lowest BCUT2D eigenvalue weighted by atomic mass is 9.73. The lowest BCUT2D eigenvalue weighted by Gasteiger charge is -2.34. The molecular formula is C14H15F3N2OS. The highest BCUT2D eigenvalue weighted by Gasteiger charge is 2.42. The number of rotatable bonds is 3. The Balaban J connectivity index is 2.27. The molecule has 1 aliphatic carbocycles. The van der Waals surface area contributed by atoms with Gasteiger partial charge in [-0.1, -0.05) is 31.5 Å². The van der Waals surface area contributed by atoms with Crippen LogP contribution in [-0.2, 0) is 4.79 Å². The topological polar surface area (TPSA) is 55.1 Å². The molecule has 3 nitrogen and oxygen atoms in total. The lowest BCUT2D eigenvalue weighted by molar-refractivity contribution is -0.123. The maximum Gasteiger partial charge on any atom is 0.237 e. The predicted molar refractivity (Wildman–Crippen MR) is 77.2 cm³/mol. The van der Waals surface area contributed by atoms with Crippen LogP contribution in [0.25, 0.3) is 0 Å². The molecule has 0 atom stereocenters. The van der Waals surface area contributed by atoms with Gasteiger partial charge >= 0.3 is 0 Å². The summed E-state index contributed by atoms with van der Waals surface area (Å²) >= 11 is 4.99. The van der Waals surface area contributed by atoms with Crippen molar-refractivity contribution < 1.29 is 18.0 Å². The van der Waals surface area contributed by atoms with Crippen LogP contribution in [0.3, 0.4) is 0 Å². The minimum atomic E-state index is -1.31. The van der Waals surface area contributed by atoms with Gasteiger partial charge in [-0.2, -0.15) is 0 Å². The molecule has 3 N–H and O–H groups in total. The van der Waals surface area contributed by atoms with Crippen molar-refractivity contribution in [3.05, 3.63) is 29.6 Å². The summed E-state index contributed by atoms with van der Waals surface area (Å²) in [6.07, 6.45) is 3.48. The van der Waals surface area contributed by atoms with Gasteiger partial charge < -0.3 is 11.1 Å². The Bertz CT molecular complexity index is 586. The van der Waals surface area contributed by atoms with E-state index in [9.17, 15) is 18.0 Å². The molecule has 1 amide bonds. The van der Waals surface area contributed by atoms with Crippen LogP contribution in [0.4, 0.5) is 18.9 Å². The number of carbonyl (C=O) groups is 1. The number of amides is 1. The molecule has 1 aliphatic rings. The van der Waals surface area contributed by atoms with Crippen molar-refractivity contribution in [1.82, 2.24) is 0 Å². The van der Waals surface area contributed by atoms with Crippen molar-refractivity contribution in [2.75, 3.05) is 5.32 Å². The van der Waals surface area contributed by atoms with Crippen molar-refractivity contribution in [3.63, 3.8) is 0 Å². The van der Waals surface area contributed by atoms with Crippen molar-refractivity contribution in [1.29, 1.82) is 0 Å². The number of nitrogens with two attached hydrogens (primary N) is 1. The molecule has 114 valence electrons. The van der Waals surface area contributed by atoms with Gasteiger partial charge in [-0.25, -0.2) is 13.2 Å². The highest BCUT2D eigenvalue weighted by Crippen LogP contribution is 2.38. The summed E-state index contributed by atoms with van der Waals surface area (Å²) in [5, 5.41) is 2.28. The molecule has 21 heavy (non-hydrogen) atoms. The molecule has 1 aromatic carbocycles. The molecule has 1 fully saturated rings. The second-order valence-electron chi connectivity index (χ2n) is 5.21. The molecule has 0 aromatic heterocycles. The van der Waals surface area contributed by atoms with E-state index >= 15 is 0 Å². The van der Waals surface area contributed by atoms with Crippen molar-refractivity contribution in [2.24, 2.45) is 11.1 Å². The Hall–Kier alpha value is -1.63. The number of hydrogen-bond acceptors (Lipinski definition) is 2. The van der Waals surface area contributed by atoms with Gasteiger partial charge in [0.05, 0.1) is 16.1 Å². The first-order chi connectivity index (χ1) is 9.86. The molecule has 1 aromatic rings. The van der Waals surface area contributed by atoms with Crippen molar-refractivity contribution >= 4 is 28.8 Å². The van der Waals surface area contributed by atoms with Gasteiger partial charge in [0, 0.05) is 12.1 Å². The third-order valence-electron chi connectivity index (χ3n) is 3.87. The van der Waals surface area contributed by atoms with Crippen molar-refractivity contribution in [2.45, 2.75) is 32.1 Å². The van der Waals surface area contributed by atoms with Gasteiger partial charge in [0.25, 0.3) is 0 Å². The van der Waals surface area contributed by atoms with E-state index in [1.165, 1.54) is 0 Å². The smallest absolute Gasteiger partial charge is 0.237 e. The normalized spacial score (nSPS) is 17.3. The van der Waals surface area contributed by atoms with E-state index in [1.807, 2.05) is 0 Å². The highest BCUT2D eigenvalue weighted by atomic mass is 32.1. The number of carbonyl (C=O) groups excluding carboxylic acids is 1. The summed E-state index contributed by atoms with van der Waals surface area (Å²) in [7, 11) is 0. The summed E-state index contributed by atoms with van der Waals surface area (Å²) < 4.78 is 39.6. The minimum absolute atomic E-state index is 0.0442. The Kier molecular flexibility index (Phi) is 4.51. The van der Waals surface area contributed by atoms with Crippen LogP contribution >= 0.6 is 12.2 Å². The minimum Gasteiger partial charge on any atom is -0.392 e. The zero-order chi connectivity index (χ0) is 15.6. The fourth-order valence-corrected chi connectivity index (χ4v) is 2.90. The fraction of sp³-hybridized carbons (Fsp3) is 0.429. The molecule has 1 saturated carbocycles. The molecule has 0 unspecified atom stereocenters. The molecule has 0 aliphatic heterocycles. The van der Waals surface area contributed by atoms with E-state index in [0.29, 0.717) is 25.0 Å². The van der Waals surface area contributed by atoms with E-state index < -0.39 is 34.5 Å². The first-order valence-electron chi connectivity index (χ1n) is 6.63. The first-order valence-corrected chi connectivity index (χ1v) is 7.03.